The number of nitrogens with zero attached hydrogens (tertiary/aromatic N) is 5. The molecule has 1 aromatic heterocycles. The van der Waals surface area contributed by atoms with E-state index >= 15 is 0 Å². The maximum absolute atomic E-state index is 12.6. The lowest BCUT2D eigenvalue weighted by Crippen LogP contribution is -2.55. The summed E-state index contributed by atoms with van der Waals surface area (Å²) in [5.74, 6) is 2.68. The van der Waals surface area contributed by atoms with Crippen LogP contribution in [0.4, 0.5) is 5.69 Å². The summed E-state index contributed by atoms with van der Waals surface area (Å²) in [6, 6.07) is 0.545. The number of aromatic nitrogens is 2. The van der Waals surface area contributed by atoms with Crippen molar-refractivity contribution in [1.82, 2.24) is 20.0 Å². The summed E-state index contributed by atoms with van der Waals surface area (Å²) in [6.45, 7) is 1.83. The Morgan fingerprint density at radius 2 is 2.08 bits per heavy atom. The Labute approximate surface area is 155 Å². The van der Waals surface area contributed by atoms with Gasteiger partial charge in [-0.15, -0.1) is 0 Å². The van der Waals surface area contributed by atoms with E-state index in [4.69, 9.17) is 0 Å². The second kappa shape index (κ2) is 7.29. The minimum atomic E-state index is 0.104. The lowest BCUT2D eigenvalue weighted by molar-refractivity contribution is -0.120. The van der Waals surface area contributed by atoms with Crippen LogP contribution in [0.2, 0.25) is 0 Å². The second-order valence-corrected chi connectivity index (χ2v) is 7.93. The van der Waals surface area contributed by atoms with E-state index in [0.717, 1.165) is 30.0 Å². The van der Waals surface area contributed by atoms with E-state index in [1.807, 2.05) is 25.2 Å². The van der Waals surface area contributed by atoms with Crippen molar-refractivity contribution in [2.45, 2.75) is 44.6 Å². The molecule has 3 fully saturated rings. The van der Waals surface area contributed by atoms with E-state index < -0.39 is 0 Å². The van der Waals surface area contributed by atoms with Crippen LogP contribution in [-0.2, 0) is 11.8 Å². The first-order valence-electron chi connectivity index (χ1n) is 9.93. The first-order chi connectivity index (χ1) is 12.7. The quantitative estimate of drug-likeness (QED) is 0.659. The Balaban J connectivity index is 1.32. The third-order valence-corrected chi connectivity index (χ3v) is 6.14. The summed E-state index contributed by atoms with van der Waals surface area (Å²) in [7, 11) is 3.69. The van der Waals surface area contributed by atoms with Gasteiger partial charge in [0.15, 0.2) is 5.96 Å². The zero-order chi connectivity index (χ0) is 18.1. The Morgan fingerprint density at radius 3 is 2.73 bits per heavy atom. The number of aryl methyl sites for hydroxylation is 1. The zero-order valence-corrected chi connectivity index (χ0v) is 15.9. The molecule has 7 nitrogen and oxygen atoms in total. The molecule has 7 heteroatoms. The number of amides is 1. The SMILES string of the molecule is CN=C(NC1CC1C1CCCCC1)N1CCN(c2cnn(C)c2)C(=O)C1. The molecule has 2 atom stereocenters. The van der Waals surface area contributed by atoms with Gasteiger partial charge in [0.25, 0.3) is 0 Å². The van der Waals surface area contributed by atoms with Crippen molar-refractivity contribution < 1.29 is 4.79 Å². The zero-order valence-electron chi connectivity index (χ0n) is 15.9. The number of rotatable bonds is 3. The fourth-order valence-electron chi connectivity index (χ4n) is 4.60. The van der Waals surface area contributed by atoms with Gasteiger partial charge in [0.05, 0.1) is 11.9 Å². The molecule has 2 aliphatic carbocycles. The van der Waals surface area contributed by atoms with Gasteiger partial charge in [-0.05, 0) is 18.3 Å². The van der Waals surface area contributed by atoms with Crippen LogP contribution in [0.15, 0.2) is 17.4 Å². The van der Waals surface area contributed by atoms with Gasteiger partial charge < -0.3 is 15.1 Å². The van der Waals surface area contributed by atoms with Crippen LogP contribution < -0.4 is 10.2 Å². The Kier molecular flexibility index (Phi) is 4.87. The Bertz CT molecular complexity index is 677. The van der Waals surface area contributed by atoms with Gasteiger partial charge in [-0.3, -0.25) is 14.5 Å². The molecule has 26 heavy (non-hydrogen) atoms. The highest BCUT2D eigenvalue weighted by Gasteiger charge is 2.44. The molecule has 3 aliphatic rings. The monoisotopic (exact) mass is 358 g/mol. The van der Waals surface area contributed by atoms with Crippen LogP contribution in [0, 0.1) is 11.8 Å². The maximum atomic E-state index is 12.6. The topological polar surface area (TPSA) is 65.8 Å². The third kappa shape index (κ3) is 3.57. The molecule has 1 aliphatic heterocycles. The number of anilines is 1. The number of nitrogens with one attached hydrogen (secondary N) is 1. The first kappa shape index (κ1) is 17.4. The summed E-state index contributed by atoms with van der Waals surface area (Å²) >= 11 is 0. The van der Waals surface area contributed by atoms with Gasteiger partial charge in [-0.1, -0.05) is 32.1 Å². The molecule has 1 saturated heterocycles. The van der Waals surface area contributed by atoms with E-state index in [9.17, 15) is 4.79 Å². The third-order valence-electron chi connectivity index (χ3n) is 6.14. The van der Waals surface area contributed by atoms with Crippen molar-refractivity contribution in [3.05, 3.63) is 12.4 Å². The van der Waals surface area contributed by atoms with Gasteiger partial charge in [0.2, 0.25) is 5.91 Å². The van der Waals surface area contributed by atoms with Crippen LogP contribution in [0.25, 0.3) is 0 Å². The molecular weight excluding hydrogens is 328 g/mol. The molecule has 142 valence electrons. The van der Waals surface area contributed by atoms with Crippen molar-refractivity contribution in [3.63, 3.8) is 0 Å². The largest absolute Gasteiger partial charge is 0.353 e. The highest BCUT2D eigenvalue weighted by molar-refractivity contribution is 5.98. The molecule has 1 aromatic rings. The molecule has 0 aromatic carbocycles. The molecule has 4 rings (SSSR count). The summed E-state index contributed by atoms with van der Waals surface area (Å²) in [5, 5.41) is 7.80. The van der Waals surface area contributed by atoms with E-state index in [2.05, 4.69) is 20.3 Å². The van der Waals surface area contributed by atoms with Gasteiger partial charge in [-0.2, -0.15) is 5.10 Å². The number of hydrogen-bond donors (Lipinski definition) is 1. The smallest absolute Gasteiger partial charge is 0.246 e. The first-order valence-corrected chi connectivity index (χ1v) is 9.93. The number of aliphatic imine (C=N–C) groups is 1. The molecule has 2 heterocycles. The van der Waals surface area contributed by atoms with Crippen molar-refractivity contribution in [2.75, 3.05) is 31.6 Å². The van der Waals surface area contributed by atoms with Crippen molar-refractivity contribution in [2.24, 2.45) is 23.9 Å². The standard InChI is InChI=1S/C19H30N6O/c1-20-19(22-17-10-16(17)14-6-4-3-5-7-14)24-8-9-25(18(26)13-24)15-11-21-23(2)12-15/h11-12,14,16-17H,3-10,13H2,1-2H3,(H,20,22). The Hall–Kier alpha value is -2.05. The molecule has 1 amide bonds. The van der Waals surface area contributed by atoms with Crippen LogP contribution in [0.1, 0.15) is 38.5 Å². The van der Waals surface area contributed by atoms with Crippen molar-refractivity contribution in [3.8, 4) is 0 Å². The Morgan fingerprint density at radius 1 is 1.27 bits per heavy atom. The van der Waals surface area contributed by atoms with Crippen LogP contribution in [0.5, 0.6) is 0 Å². The minimum absolute atomic E-state index is 0.104. The van der Waals surface area contributed by atoms with E-state index in [1.165, 1.54) is 38.5 Å². The molecule has 0 spiro atoms. The van der Waals surface area contributed by atoms with E-state index in [1.54, 1.807) is 10.9 Å². The average Bonchev–Trinajstić information content (AvgIpc) is 3.31. The maximum Gasteiger partial charge on any atom is 0.246 e. The van der Waals surface area contributed by atoms with Gasteiger partial charge >= 0.3 is 0 Å². The fourth-order valence-corrected chi connectivity index (χ4v) is 4.60. The number of piperazine rings is 1. The van der Waals surface area contributed by atoms with E-state index in [0.29, 0.717) is 19.1 Å². The number of carbonyl (C=O) groups excluding carboxylic acids is 1. The molecule has 0 radical (unpaired) electrons. The predicted octanol–water partition coefficient (Wildman–Crippen LogP) is 1.61. The van der Waals surface area contributed by atoms with Crippen LogP contribution in [-0.4, -0.2) is 59.3 Å². The normalized spacial score (nSPS) is 27.8. The van der Waals surface area contributed by atoms with Gasteiger partial charge in [0.1, 0.15) is 6.54 Å². The van der Waals surface area contributed by atoms with Gasteiger partial charge in [0, 0.05) is 39.4 Å². The predicted molar refractivity (Wildman–Crippen MR) is 102 cm³/mol. The van der Waals surface area contributed by atoms with Crippen molar-refractivity contribution in [1.29, 1.82) is 0 Å². The lowest BCUT2D eigenvalue weighted by Gasteiger charge is -2.35. The molecule has 0 bridgehead atoms. The van der Waals surface area contributed by atoms with Gasteiger partial charge in [-0.25, -0.2) is 0 Å². The minimum Gasteiger partial charge on any atom is -0.353 e. The summed E-state index contributed by atoms with van der Waals surface area (Å²) in [6.07, 6.45) is 11.9. The average molecular weight is 358 g/mol. The summed E-state index contributed by atoms with van der Waals surface area (Å²) in [4.78, 5) is 21.0. The fraction of sp³-hybridized carbons (Fsp3) is 0.737. The molecule has 2 saturated carbocycles. The van der Waals surface area contributed by atoms with Crippen molar-refractivity contribution >= 4 is 17.6 Å². The molecule has 1 N–H and O–H groups in total. The number of guanidine groups is 1. The van der Waals surface area contributed by atoms with E-state index in [-0.39, 0.29) is 5.91 Å². The highest BCUT2D eigenvalue weighted by Crippen LogP contribution is 2.44. The second-order valence-electron chi connectivity index (χ2n) is 7.93. The highest BCUT2D eigenvalue weighted by atomic mass is 16.2. The number of carbonyl (C=O) groups is 1. The lowest BCUT2D eigenvalue weighted by atomic mass is 9.85. The molecule has 2 unspecified atom stereocenters. The van der Waals surface area contributed by atoms with Crippen LogP contribution in [0.3, 0.4) is 0 Å². The summed E-state index contributed by atoms with van der Waals surface area (Å²) in [5.41, 5.74) is 0.875. The molecular formula is C19H30N6O. The summed E-state index contributed by atoms with van der Waals surface area (Å²) < 4.78 is 1.73. The van der Waals surface area contributed by atoms with Crippen LogP contribution >= 0.6 is 0 Å². The number of hydrogen-bond acceptors (Lipinski definition) is 3.